The first-order valence-electron chi connectivity index (χ1n) is 5.97. The Kier molecular flexibility index (Phi) is 5.93. The zero-order valence-corrected chi connectivity index (χ0v) is 13.4. The molecule has 0 aromatic heterocycles. The van der Waals surface area contributed by atoms with E-state index in [1.165, 1.54) is 0 Å². The maximum Gasteiger partial charge on any atom is 0.264 e. The van der Waals surface area contributed by atoms with E-state index in [2.05, 4.69) is 8.37 Å². The number of ether oxygens (including phenoxy) is 2. The quantitative estimate of drug-likeness (QED) is 0.585. The van der Waals surface area contributed by atoms with E-state index in [9.17, 15) is 16.8 Å². The first-order valence-corrected chi connectivity index (χ1v) is 9.61. The summed E-state index contributed by atoms with van der Waals surface area (Å²) in [4.78, 5) is 0. The summed E-state index contributed by atoms with van der Waals surface area (Å²) < 4.78 is 64.3. The molecular weight excluding hydrogens is 312 g/mol. The molecule has 1 fully saturated rings. The van der Waals surface area contributed by atoms with Gasteiger partial charge >= 0.3 is 0 Å². The summed E-state index contributed by atoms with van der Waals surface area (Å²) in [5, 5.41) is 0. The Morgan fingerprint density at radius 2 is 1.25 bits per heavy atom. The van der Waals surface area contributed by atoms with Gasteiger partial charge in [0.2, 0.25) is 0 Å². The fourth-order valence-electron chi connectivity index (χ4n) is 1.54. The molecule has 10 heteroatoms. The van der Waals surface area contributed by atoms with Gasteiger partial charge in [0, 0.05) is 5.92 Å². The first-order chi connectivity index (χ1) is 8.98. The van der Waals surface area contributed by atoms with Gasteiger partial charge in [-0.15, -0.1) is 0 Å². The molecule has 0 saturated carbocycles. The van der Waals surface area contributed by atoms with Crippen LogP contribution >= 0.6 is 0 Å². The summed E-state index contributed by atoms with van der Waals surface area (Å²) in [6.45, 7) is 3.22. The first kappa shape index (κ1) is 17.8. The summed E-state index contributed by atoms with van der Waals surface area (Å²) in [7, 11) is -7.22. The van der Waals surface area contributed by atoms with Crippen molar-refractivity contribution in [2.24, 2.45) is 5.92 Å². The van der Waals surface area contributed by atoms with E-state index in [1.807, 2.05) is 13.8 Å². The lowest BCUT2D eigenvalue weighted by molar-refractivity contribution is -0.100. The molecule has 1 aliphatic heterocycles. The van der Waals surface area contributed by atoms with Crippen LogP contribution < -0.4 is 0 Å². The molecule has 20 heavy (non-hydrogen) atoms. The SMILES string of the molecule is CC(C)C1O[C@@H](COS(C)(=O)=O)[C@H](COS(C)(=O)=O)O1. The zero-order chi connectivity index (χ0) is 15.6. The second-order valence-electron chi connectivity index (χ2n) is 4.94. The van der Waals surface area contributed by atoms with Crippen LogP contribution in [0.5, 0.6) is 0 Å². The fourth-order valence-corrected chi connectivity index (χ4v) is 2.30. The van der Waals surface area contributed by atoms with Crippen LogP contribution in [0.15, 0.2) is 0 Å². The lowest BCUT2D eigenvalue weighted by Gasteiger charge is -2.15. The Morgan fingerprint density at radius 1 is 0.900 bits per heavy atom. The van der Waals surface area contributed by atoms with Crippen LogP contribution in [-0.2, 0) is 38.1 Å². The predicted octanol–water partition coefficient (Wildman–Crippen LogP) is -0.295. The average molecular weight is 332 g/mol. The topological polar surface area (TPSA) is 105 Å². The Hall–Kier alpha value is -0.260. The molecule has 0 spiro atoms. The molecule has 1 aliphatic rings. The van der Waals surface area contributed by atoms with Gasteiger partial charge in [-0.2, -0.15) is 16.8 Å². The van der Waals surface area contributed by atoms with Crippen LogP contribution in [0.25, 0.3) is 0 Å². The van der Waals surface area contributed by atoms with E-state index >= 15 is 0 Å². The normalized spacial score (nSPS) is 25.4. The average Bonchev–Trinajstić information content (AvgIpc) is 2.65. The monoisotopic (exact) mass is 332 g/mol. The van der Waals surface area contributed by atoms with E-state index in [0.29, 0.717) is 0 Å². The van der Waals surface area contributed by atoms with Gasteiger partial charge in [0.1, 0.15) is 12.2 Å². The Bertz CT molecular complexity index is 465. The van der Waals surface area contributed by atoms with Crippen LogP contribution in [-0.4, -0.2) is 61.1 Å². The maximum absolute atomic E-state index is 11.0. The highest BCUT2D eigenvalue weighted by molar-refractivity contribution is 7.86. The molecule has 0 amide bonds. The molecule has 0 N–H and O–H groups in total. The van der Waals surface area contributed by atoms with Crippen molar-refractivity contribution in [1.82, 2.24) is 0 Å². The third-order valence-electron chi connectivity index (χ3n) is 2.47. The number of hydrogen-bond acceptors (Lipinski definition) is 8. The van der Waals surface area contributed by atoms with Crippen molar-refractivity contribution in [3.8, 4) is 0 Å². The molecule has 0 aromatic carbocycles. The Balaban J connectivity index is 2.66. The van der Waals surface area contributed by atoms with Crippen LogP contribution in [0.1, 0.15) is 13.8 Å². The predicted molar refractivity (Wildman–Crippen MR) is 70.0 cm³/mol. The largest absolute Gasteiger partial charge is 0.344 e. The van der Waals surface area contributed by atoms with Crippen molar-refractivity contribution in [1.29, 1.82) is 0 Å². The minimum Gasteiger partial charge on any atom is -0.344 e. The fraction of sp³-hybridized carbons (Fsp3) is 1.00. The highest BCUT2D eigenvalue weighted by Gasteiger charge is 2.39. The van der Waals surface area contributed by atoms with Crippen molar-refractivity contribution in [3.05, 3.63) is 0 Å². The maximum atomic E-state index is 11.0. The van der Waals surface area contributed by atoms with Crippen molar-refractivity contribution in [2.45, 2.75) is 32.3 Å². The van der Waals surface area contributed by atoms with Crippen LogP contribution in [0.3, 0.4) is 0 Å². The molecule has 0 aliphatic carbocycles. The molecule has 0 bridgehead atoms. The van der Waals surface area contributed by atoms with E-state index < -0.39 is 38.7 Å². The second kappa shape index (κ2) is 6.67. The number of rotatable bonds is 7. The molecule has 0 unspecified atom stereocenters. The Morgan fingerprint density at radius 3 is 1.50 bits per heavy atom. The van der Waals surface area contributed by atoms with Crippen molar-refractivity contribution >= 4 is 20.2 Å². The smallest absolute Gasteiger partial charge is 0.264 e. The zero-order valence-electron chi connectivity index (χ0n) is 11.8. The van der Waals surface area contributed by atoms with Gasteiger partial charge in [0.05, 0.1) is 25.7 Å². The molecule has 1 heterocycles. The minimum absolute atomic E-state index is 0.0268. The van der Waals surface area contributed by atoms with Gasteiger partial charge < -0.3 is 9.47 Å². The molecule has 120 valence electrons. The highest BCUT2D eigenvalue weighted by atomic mass is 32.2. The van der Waals surface area contributed by atoms with Gasteiger partial charge in [-0.1, -0.05) is 13.8 Å². The van der Waals surface area contributed by atoms with Gasteiger partial charge in [-0.05, 0) is 0 Å². The van der Waals surface area contributed by atoms with E-state index in [-0.39, 0.29) is 19.1 Å². The minimum atomic E-state index is -3.61. The molecule has 0 radical (unpaired) electrons. The van der Waals surface area contributed by atoms with Crippen molar-refractivity contribution in [3.63, 3.8) is 0 Å². The summed E-state index contributed by atoms with van der Waals surface area (Å²) >= 11 is 0. The lowest BCUT2D eigenvalue weighted by Crippen LogP contribution is -2.33. The van der Waals surface area contributed by atoms with E-state index in [1.54, 1.807) is 0 Å². The van der Waals surface area contributed by atoms with E-state index in [4.69, 9.17) is 9.47 Å². The molecule has 0 aromatic rings. The standard InChI is InChI=1S/C10H20O8S2/c1-7(2)10-17-8(5-15-19(3,11)12)9(18-10)6-16-20(4,13)14/h7-10H,5-6H2,1-4H3/t8-,9-/m0/s1. The van der Waals surface area contributed by atoms with Crippen LogP contribution in [0, 0.1) is 5.92 Å². The Labute approximate surface area is 119 Å². The lowest BCUT2D eigenvalue weighted by atomic mass is 10.2. The summed E-state index contributed by atoms with van der Waals surface area (Å²) in [5.74, 6) is 0.0268. The van der Waals surface area contributed by atoms with Crippen molar-refractivity contribution < 1.29 is 34.7 Å². The second-order valence-corrected chi connectivity index (χ2v) is 8.23. The highest BCUT2D eigenvalue weighted by Crippen LogP contribution is 2.25. The molecule has 1 saturated heterocycles. The van der Waals surface area contributed by atoms with Crippen molar-refractivity contribution in [2.75, 3.05) is 25.7 Å². The van der Waals surface area contributed by atoms with Gasteiger partial charge in [-0.25, -0.2) is 0 Å². The number of hydrogen-bond donors (Lipinski definition) is 0. The molecular formula is C10H20O8S2. The molecule has 1 rings (SSSR count). The van der Waals surface area contributed by atoms with E-state index in [0.717, 1.165) is 12.5 Å². The third-order valence-corrected chi connectivity index (χ3v) is 3.60. The molecule has 8 nitrogen and oxygen atoms in total. The summed E-state index contributed by atoms with van der Waals surface area (Å²) in [6, 6.07) is 0. The van der Waals surface area contributed by atoms with Crippen LogP contribution in [0.2, 0.25) is 0 Å². The summed E-state index contributed by atoms with van der Waals surface area (Å²) in [6.07, 6.45) is -0.135. The third kappa shape index (κ3) is 6.46. The van der Waals surface area contributed by atoms with Gasteiger partial charge in [-0.3, -0.25) is 8.37 Å². The van der Waals surface area contributed by atoms with Crippen LogP contribution in [0.4, 0.5) is 0 Å². The molecule has 2 atom stereocenters. The summed E-state index contributed by atoms with van der Waals surface area (Å²) in [5.41, 5.74) is 0. The van der Waals surface area contributed by atoms with Gasteiger partial charge in [0.15, 0.2) is 6.29 Å². The van der Waals surface area contributed by atoms with Gasteiger partial charge in [0.25, 0.3) is 20.2 Å².